The van der Waals surface area contributed by atoms with Gasteiger partial charge in [0.1, 0.15) is 0 Å². The van der Waals surface area contributed by atoms with Crippen molar-refractivity contribution in [2.45, 2.75) is 45.1 Å². The molecule has 1 aliphatic carbocycles. The van der Waals surface area contributed by atoms with Gasteiger partial charge in [0.2, 0.25) is 5.91 Å². The smallest absolute Gasteiger partial charge is 0.337 e. The quantitative estimate of drug-likeness (QED) is 0.712. The number of esters is 1. The number of urea groups is 1. The number of amides is 3. The lowest BCUT2D eigenvalue weighted by Gasteiger charge is -2.22. The summed E-state index contributed by atoms with van der Waals surface area (Å²) in [6.45, 7) is 1.71. The van der Waals surface area contributed by atoms with E-state index >= 15 is 0 Å². The summed E-state index contributed by atoms with van der Waals surface area (Å²) < 4.78 is 4.66. The van der Waals surface area contributed by atoms with Gasteiger partial charge in [-0.2, -0.15) is 0 Å². The molecule has 25 heavy (non-hydrogen) atoms. The summed E-state index contributed by atoms with van der Waals surface area (Å²) in [4.78, 5) is 35.3. The Morgan fingerprint density at radius 3 is 2.52 bits per heavy atom. The van der Waals surface area contributed by atoms with Gasteiger partial charge in [-0.3, -0.25) is 4.79 Å². The highest BCUT2D eigenvalue weighted by atomic mass is 16.5. The fraction of sp³-hybridized carbons (Fsp3) is 0.500. The zero-order chi connectivity index (χ0) is 18.2. The lowest BCUT2D eigenvalue weighted by molar-refractivity contribution is -0.121. The first kappa shape index (κ1) is 18.8. The average Bonchev–Trinajstić information content (AvgIpc) is 2.62. The molecule has 0 saturated heterocycles. The minimum absolute atomic E-state index is 0.0678. The van der Waals surface area contributed by atoms with Gasteiger partial charge < -0.3 is 20.7 Å². The van der Waals surface area contributed by atoms with Crippen LogP contribution in [0.4, 0.5) is 10.5 Å². The number of anilines is 1. The van der Waals surface area contributed by atoms with Crippen LogP contribution < -0.4 is 16.0 Å². The number of hydrogen-bond acceptors (Lipinski definition) is 4. The Morgan fingerprint density at radius 2 is 1.88 bits per heavy atom. The van der Waals surface area contributed by atoms with Crippen LogP contribution in [0.15, 0.2) is 18.2 Å². The minimum atomic E-state index is -0.465. The van der Waals surface area contributed by atoms with Crippen molar-refractivity contribution in [3.8, 4) is 0 Å². The number of aryl methyl sites for hydroxylation is 1. The summed E-state index contributed by atoms with van der Waals surface area (Å²) in [5, 5.41) is 8.16. The zero-order valence-electron chi connectivity index (χ0n) is 14.7. The monoisotopic (exact) mass is 347 g/mol. The van der Waals surface area contributed by atoms with Gasteiger partial charge >= 0.3 is 12.0 Å². The Bertz CT molecular complexity index is 639. The molecule has 7 nitrogen and oxygen atoms in total. The van der Waals surface area contributed by atoms with E-state index in [1.807, 2.05) is 0 Å². The molecule has 136 valence electrons. The molecular formula is C18H25N3O4. The van der Waals surface area contributed by atoms with Gasteiger partial charge in [0.25, 0.3) is 0 Å². The molecule has 0 bridgehead atoms. The molecule has 1 aromatic carbocycles. The number of hydrogen-bond donors (Lipinski definition) is 3. The molecule has 1 aromatic rings. The maximum absolute atomic E-state index is 11.9. The van der Waals surface area contributed by atoms with Gasteiger partial charge in [-0.25, -0.2) is 9.59 Å². The van der Waals surface area contributed by atoms with Crippen molar-refractivity contribution in [2.24, 2.45) is 0 Å². The van der Waals surface area contributed by atoms with E-state index < -0.39 is 12.0 Å². The highest BCUT2D eigenvalue weighted by molar-refractivity contribution is 5.94. The largest absolute Gasteiger partial charge is 0.465 e. The van der Waals surface area contributed by atoms with E-state index in [4.69, 9.17) is 0 Å². The second-order valence-corrected chi connectivity index (χ2v) is 6.23. The van der Waals surface area contributed by atoms with Crippen molar-refractivity contribution < 1.29 is 19.1 Å². The van der Waals surface area contributed by atoms with Gasteiger partial charge in [-0.05, 0) is 43.5 Å². The molecular weight excluding hydrogens is 322 g/mol. The Hall–Kier alpha value is -2.57. The number of benzene rings is 1. The summed E-state index contributed by atoms with van der Waals surface area (Å²) in [5.74, 6) is -0.613. The van der Waals surface area contributed by atoms with Crippen LogP contribution in [0.3, 0.4) is 0 Å². The van der Waals surface area contributed by atoms with E-state index in [0.29, 0.717) is 11.3 Å². The van der Waals surface area contributed by atoms with E-state index in [1.54, 1.807) is 25.1 Å². The third-order valence-corrected chi connectivity index (χ3v) is 4.28. The van der Waals surface area contributed by atoms with E-state index in [9.17, 15) is 14.4 Å². The van der Waals surface area contributed by atoms with Crippen molar-refractivity contribution in [3.05, 3.63) is 29.3 Å². The van der Waals surface area contributed by atoms with Crippen LogP contribution in [-0.4, -0.2) is 37.6 Å². The minimum Gasteiger partial charge on any atom is -0.465 e. The van der Waals surface area contributed by atoms with Gasteiger partial charge in [0.15, 0.2) is 0 Å². The number of methoxy groups -OCH3 is 1. The van der Waals surface area contributed by atoms with Crippen LogP contribution in [0.1, 0.15) is 48.0 Å². The number of nitrogens with one attached hydrogen (secondary N) is 3. The molecule has 0 aromatic heterocycles. The maximum atomic E-state index is 11.9. The fourth-order valence-corrected chi connectivity index (χ4v) is 2.90. The van der Waals surface area contributed by atoms with E-state index in [1.165, 1.54) is 13.5 Å². The molecule has 0 radical (unpaired) electrons. The van der Waals surface area contributed by atoms with Crippen molar-refractivity contribution in [3.63, 3.8) is 0 Å². The van der Waals surface area contributed by atoms with Crippen molar-refractivity contribution in [2.75, 3.05) is 19.0 Å². The SMILES string of the molecule is COC(=O)c1ccc(NC(=O)NCC(=O)NC2CCCCC2)c(C)c1. The number of ether oxygens (including phenoxy) is 1. The molecule has 3 amide bonds. The van der Waals surface area contributed by atoms with Crippen LogP contribution in [0.25, 0.3) is 0 Å². The molecule has 0 spiro atoms. The summed E-state index contributed by atoms with van der Waals surface area (Å²) in [7, 11) is 1.32. The first-order valence-electron chi connectivity index (χ1n) is 8.53. The molecule has 7 heteroatoms. The van der Waals surface area contributed by atoms with Crippen molar-refractivity contribution in [1.29, 1.82) is 0 Å². The highest BCUT2D eigenvalue weighted by Crippen LogP contribution is 2.18. The number of carbonyl (C=O) groups excluding carboxylic acids is 3. The van der Waals surface area contributed by atoms with Crippen molar-refractivity contribution in [1.82, 2.24) is 10.6 Å². The van der Waals surface area contributed by atoms with Gasteiger partial charge in [-0.15, -0.1) is 0 Å². The predicted molar refractivity (Wildman–Crippen MR) is 94.6 cm³/mol. The molecule has 1 fully saturated rings. The second-order valence-electron chi connectivity index (χ2n) is 6.23. The van der Waals surface area contributed by atoms with E-state index in [2.05, 4.69) is 20.7 Å². The van der Waals surface area contributed by atoms with Crippen LogP contribution in [0.5, 0.6) is 0 Å². The Labute approximate surface area is 147 Å². The molecule has 1 aliphatic rings. The van der Waals surface area contributed by atoms with Crippen molar-refractivity contribution >= 4 is 23.6 Å². The topological polar surface area (TPSA) is 96.5 Å². The third kappa shape index (κ3) is 5.77. The highest BCUT2D eigenvalue weighted by Gasteiger charge is 2.16. The van der Waals surface area contributed by atoms with Crippen LogP contribution in [0, 0.1) is 6.92 Å². The predicted octanol–water partition coefficient (Wildman–Crippen LogP) is 2.35. The Morgan fingerprint density at radius 1 is 1.16 bits per heavy atom. The number of rotatable bonds is 5. The van der Waals surface area contributed by atoms with Gasteiger partial charge in [0, 0.05) is 11.7 Å². The Kier molecular flexibility index (Phi) is 6.80. The standard InChI is InChI=1S/C18H25N3O4/c1-12-10-13(17(23)25-2)8-9-15(12)21-18(24)19-11-16(22)20-14-6-4-3-5-7-14/h8-10,14H,3-7,11H2,1-2H3,(H,20,22)(H2,19,21,24). The summed E-state index contributed by atoms with van der Waals surface area (Å²) in [6, 6.07) is 4.59. The Balaban J connectivity index is 1.79. The lowest BCUT2D eigenvalue weighted by Crippen LogP contribution is -2.43. The third-order valence-electron chi connectivity index (χ3n) is 4.28. The summed E-state index contributed by atoms with van der Waals surface area (Å²) >= 11 is 0. The van der Waals surface area contributed by atoms with Gasteiger partial charge in [0.05, 0.1) is 19.2 Å². The molecule has 0 heterocycles. The molecule has 0 unspecified atom stereocenters. The first-order chi connectivity index (χ1) is 12.0. The molecule has 0 aliphatic heterocycles. The van der Waals surface area contributed by atoms with Gasteiger partial charge in [-0.1, -0.05) is 19.3 Å². The van der Waals surface area contributed by atoms with E-state index in [0.717, 1.165) is 31.2 Å². The molecule has 1 saturated carbocycles. The molecule has 2 rings (SSSR count). The molecule has 0 atom stereocenters. The normalized spacial score (nSPS) is 14.5. The van der Waals surface area contributed by atoms with Crippen LogP contribution in [0.2, 0.25) is 0 Å². The first-order valence-corrected chi connectivity index (χ1v) is 8.53. The average molecular weight is 347 g/mol. The maximum Gasteiger partial charge on any atom is 0.337 e. The lowest BCUT2D eigenvalue weighted by atomic mass is 9.95. The van der Waals surface area contributed by atoms with Crippen LogP contribution in [-0.2, 0) is 9.53 Å². The summed E-state index contributed by atoms with van der Waals surface area (Å²) in [6.07, 6.45) is 5.51. The summed E-state index contributed by atoms with van der Waals surface area (Å²) in [5.41, 5.74) is 1.71. The van der Waals surface area contributed by atoms with Crippen LogP contribution >= 0.6 is 0 Å². The van der Waals surface area contributed by atoms with E-state index in [-0.39, 0.29) is 18.5 Å². The second kappa shape index (κ2) is 9.05. The number of carbonyl (C=O) groups is 3. The fourth-order valence-electron chi connectivity index (χ4n) is 2.90. The zero-order valence-corrected chi connectivity index (χ0v) is 14.7. The molecule has 3 N–H and O–H groups in total.